The molecule has 126 valence electrons. The molecule has 0 amide bonds. The lowest BCUT2D eigenvalue weighted by molar-refractivity contribution is 0.415. The van der Waals surface area contributed by atoms with Gasteiger partial charge in [-0.05, 0) is 35.7 Å². The van der Waals surface area contributed by atoms with Gasteiger partial charge in [0.2, 0.25) is 0 Å². The predicted molar refractivity (Wildman–Crippen MR) is 95.6 cm³/mol. The van der Waals surface area contributed by atoms with Crippen LogP contribution in [0.25, 0.3) is 0 Å². The van der Waals surface area contributed by atoms with Gasteiger partial charge in [-0.2, -0.15) is 0 Å². The number of hydrogen-bond donors (Lipinski definition) is 0. The maximum absolute atomic E-state index is 13.0. The van der Waals surface area contributed by atoms with Gasteiger partial charge in [0.1, 0.15) is 20.0 Å². The third kappa shape index (κ3) is 3.39. The van der Waals surface area contributed by atoms with E-state index < -0.39 is 10.0 Å². The Kier molecular flexibility index (Phi) is 5.04. The van der Waals surface area contributed by atoms with Gasteiger partial charge in [-0.25, -0.2) is 8.42 Å². The van der Waals surface area contributed by atoms with Crippen LogP contribution in [-0.4, -0.2) is 25.1 Å². The lowest BCUT2D eigenvalue weighted by Gasteiger charge is -2.23. The number of nitrogens with zero attached hydrogens (tertiary/aromatic N) is 3. The van der Waals surface area contributed by atoms with Crippen molar-refractivity contribution in [3.63, 3.8) is 0 Å². The Morgan fingerprint density at radius 1 is 1.25 bits per heavy atom. The van der Waals surface area contributed by atoms with Crippen LogP contribution in [-0.2, 0) is 16.6 Å². The molecule has 2 aromatic heterocycles. The molecule has 0 aliphatic rings. The van der Waals surface area contributed by atoms with Gasteiger partial charge in [0.05, 0.1) is 19.3 Å². The highest BCUT2D eigenvalue weighted by Crippen LogP contribution is 2.31. The van der Waals surface area contributed by atoms with Crippen molar-refractivity contribution in [2.24, 2.45) is 0 Å². The second-order valence-electron chi connectivity index (χ2n) is 4.64. The second kappa shape index (κ2) is 7.06. The van der Waals surface area contributed by atoms with E-state index in [4.69, 9.17) is 16.3 Å². The number of anilines is 1. The summed E-state index contributed by atoms with van der Waals surface area (Å²) in [5, 5.41) is 5.64. The number of aromatic nitrogens is 2. The highest BCUT2D eigenvalue weighted by atomic mass is 35.5. The molecule has 24 heavy (non-hydrogen) atoms. The van der Waals surface area contributed by atoms with E-state index in [0.29, 0.717) is 21.5 Å². The molecule has 0 N–H and O–H groups in total. The molecule has 0 saturated carbocycles. The average Bonchev–Trinajstić information content (AvgIpc) is 3.25. The zero-order valence-electron chi connectivity index (χ0n) is 12.4. The molecular weight excluding hydrogens is 390 g/mol. The molecule has 0 spiro atoms. The third-order valence-electron chi connectivity index (χ3n) is 3.20. The molecule has 0 aliphatic carbocycles. The lowest BCUT2D eigenvalue weighted by Crippen LogP contribution is -2.30. The van der Waals surface area contributed by atoms with E-state index >= 15 is 0 Å². The van der Waals surface area contributed by atoms with E-state index in [-0.39, 0.29) is 10.8 Å². The third-order valence-corrected chi connectivity index (χ3v) is 7.33. The van der Waals surface area contributed by atoms with E-state index in [9.17, 15) is 8.42 Å². The van der Waals surface area contributed by atoms with E-state index in [0.717, 1.165) is 22.9 Å². The zero-order valence-corrected chi connectivity index (χ0v) is 15.6. The van der Waals surface area contributed by atoms with Gasteiger partial charge in [-0.1, -0.05) is 22.2 Å². The molecule has 0 unspecified atom stereocenters. The van der Waals surface area contributed by atoms with Gasteiger partial charge in [0.15, 0.2) is 0 Å². The number of sulfonamides is 1. The monoisotopic (exact) mass is 401 g/mol. The standard InChI is InChI=1S/C14H12ClN3O3S3/c1-21-11-6-4-10(5-7-11)18(9-12-14(15)23-17-16-12)24(19,20)13-3-2-8-22-13/h2-8H,9H2,1H3. The highest BCUT2D eigenvalue weighted by Gasteiger charge is 2.28. The molecular formula is C14H12ClN3O3S3. The Bertz CT molecular complexity index is 908. The van der Waals surface area contributed by atoms with Gasteiger partial charge in [0, 0.05) is 11.5 Å². The first-order chi connectivity index (χ1) is 11.5. The summed E-state index contributed by atoms with van der Waals surface area (Å²) in [6.45, 7) is 0.00188. The fourth-order valence-electron chi connectivity index (χ4n) is 2.01. The summed E-state index contributed by atoms with van der Waals surface area (Å²) >= 11 is 8.23. The van der Waals surface area contributed by atoms with E-state index in [1.165, 1.54) is 4.31 Å². The number of rotatable bonds is 6. The molecule has 0 bridgehead atoms. The average molecular weight is 402 g/mol. The molecule has 2 heterocycles. The lowest BCUT2D eigenvalue weighted by atomic mass is 10.3. The van der Waals surface area contributed by atoms with Gasteiger partial charge in [-0.15, -0.1) is 16.4 Å². The summed E-state index contributed by atoms with van der Waals surface area (Å²) in [5.41, 5.74) is 0.908. The Hall–Kier alpha value is -1.68. The minimum absolute atomic E-state index is 0.00188. The minimum Gasteiger partial charge on any atom is -0.497 e. The van der Waals surface area contributed by atoms with Crippen LogP contribution in [0, 0.1) is 0 Å². The summed E-state index contributed by atoms with van der Waals surface area (Å²) in [6, 6.07) is 10.0. The first kappa shape index (κ1) is 17.2. The smallest absolute Gasteiger partial charge is 0.274 e. The van der Waals surface area contributed by atoms with Crippen LogP contribution in [0.2, 0.25) is 4.34 Å². The van der Waals surface area contributed by atoms with Crippen molar-refractivity contribution in [1.29, 1.82) is 0 Å². The van der Waals surface area contributed by atoms with Gasteiger partial charge in [-0.3, -0.25) is 4.31 Å². The fraction of sp³-hybridized carbons (Fsp3) is 0.143. The molecule has 0 saturated heterocycles. The molecule has 0 radical (unpaired) electrons. The Morgan fingerprint density at radius 2 is 2.00 bits per heavy atom. The van der Waals surface area contributed by atoms with Crippen LogP contribution in [0.1, 0.15) is 5.69 Å². The van der Waals surface area contributed by atoms with Crippen molar-refractivity contribution in [2.45, 2.75) is 10.8 Å². The van der Waals surface area contributed by atoms with Crippen LogP contribution < -0.4 is 9.04 Å². The minimum atomic E-state index is -3.73. The Morgan fingerprint density at radius 3 is 2.54 bits per heavy atom. The van der Waals surface area contributed by atoms with Crippen molar-refractivity contribution >= 4 is 50.2 Å². The quantitative estimate of drug-likeness (QED) is 0.630. The maximum Gasteiger partial charge on any atom is 0.274 e. The van der Waals surface area contributed by atoms with Crippen molar-refractivity contribution in [1.82, 2.24) is 9.59 Å². The van der Waals surface area contributed by atoms with Crippen LogP contribution in [0.3, 0.4) is 0 Å². The number of methoxy groups -OCH3 is 1. The molecule has 10 heteroatoms. The summed E-state index contributed by atoms with van der Waals surface area (Å²) < 4.78 is 36.8. The maximum atomic E-state index is 13.0. The molecule has 0 atom stereocenters. The Balaban J connectivity index is 2.04. The highest BCUT2D eigenvalue weighted by molar-refractivity contribution is 7.94. The summed E-state index contributed by atoms with van der Waals surface area (Å²) in [7, 11) is -2.18. The number of hydrogen-bond acceptors (Lipinski definition) is 7. The van der Waals surface area contributed by atoms with Crippen molar-refractivity contribution in [3.05, 3.63) is 51.8 Å². The van der Waals surface area contributed by atoms with Crippen molar-refractivity contribution in [3.8, 4) is 5.75 Å². The SMILES string of the molecule is COc1ccc(N(Cc2nnsc2Cl)S(=O)(=O)c2cccs2)cc1. The number of thiophene rings is 1. The summed E-state index contributed by atoms with van der Waals surface area (Å²) in [4.78, 5) is 0. The largest absolute Gasteiger partial charge is 0.497 e. The van der Waals surface area contributed by atoms with Gasteiger partial charge in [0.25, 0.3) is 10.0 Å². The molecule has 3 aromatic rings. The topological polar surface area (TPSA) is 72.4 Å². The zero-order chi connectivity index (χ0) is 17.2. The molecule has 0 aliphatic heterocycles. The second-order valence-corrected chi connectivity index (χ2v) is 9.03. The van der Waals surface area contributed by atoms with Gasteiger partial charge >= 0.3 is 0 Å². The van der Waals surface area contributed by atoms with E-state index in [2.05, 4.69) is 9.59 Å². The summed E-state index contributed by atoms with van der Waals surface area (Å²) in [6.07, 6.45) is 0. The van der Waals surface area contributed by atoms with Crippen LogP contribution in [0.15, 0.2) is 46.0 Å². The van der Waals surface area contributed by atoms with Crippen molar-refractivity contribution in [2.75, 3.05) is 11.4 Å². The van der Waals surface area contributed by atoms with Crippen molar-refractivity contribution < 1.29 is 13.2 Å². The number of ether oxygens (including phenoxy) is 1. The van der Waals surface area contributed by atoms with Gasteiger partial charge < -0.3 is 4.74 Å². The van der Waals surface area contributed by atoms with Crippen LogP contribution >= 0.6 is 34.5 Å². The molecule has 1 aromatic carbocycles. The first-order valence-electron chi connectivity index (χ1n) is 6.69. The fourth-order valence-corrected chi connectivity index (χ4v) is 5.15. The van der Waals surface area contributed by atoms with E-state index in [1.807, 2.05) is 0 Å². The predicted octanol–water partition coefficient (Wildman–Crippen LogP) is 3.66. The molecule has 6 nitrogen and oxygen atoms in total. The summed E-state index contributed by atoms with van der Waals surface area (Å²) in [5.74, 6) is 0.639. The Labute approximate surface area is 152 Å². The normalized spacial score (nSPS) is 11.4. The number of halogens is 1. The van der Waals surface area contributed by atoms with Crippen LogP contribution in [0.4, 0.5) is 5.69 Å². The van der Waals surface area contributed by atoms with Crippen LogP contribution in [0.5, 0.6) is 5.75 Å². The number of benzene rings is 1. The first-order valence-corrected chi connectivity index (χ1v) is 10.2. The molecule has 0 fully saturated rings. The van der Waals surface area contributed by atoms with E-state index in [1.54, 1.807) is 48.9 Å². The molecule has 3 rings (SSSR count).